The molecule has 0 amide bonds. The van der Waals surface area contributed by atoms with Gasteiger partial charge in [-0.05, 0) is 37.1 Å². The van der Waals surface area contributed by atoms with Crippen LogP contribution >= 0.6 is 0 Å². The van der Waals surface area contributed by atoms with Crippen LogP contribution in [-0.4, -0.2) is 5.97 Å². The first kappa shape index (κ1) is 14.4. The molecule has 1 aromatic carbocycles. The van der Waals surface area contributed by atoms with E-state index in [0.29, 0.717) is 11.3 Å². The maximum atomic E-state index is 12.1. The van der Waals surface area contributed by atoms with E-state index < -0.39 is 0 Å². The van der Waals surface area contributed by atoms with Gasteiger partial charge in [-0.15, -0.1) is 0 Å². The van der Waals surface area contributed by atoms with E-state index in [0.717, 1.165) is 25.7 Å². The standard InChI is InChI=1S/C17H20O3/c1-2-3-5-11-16(15-12-8-13-19-15)20-17(18)14-9-6-4-7-10-14/h4,6-10,12-13,16H,2-3,5,11H2,1H3/t16-/m1/s1. The van der Waals surface area contributed by atoms with Crippen LogP contribution in [0.5, 0.6) is 0 Å². The molecular weight excluding hydrogens is 252 g/mol. The fourth-order valence-electron chi connectivity index (χ4n) is 2.08. The summed E-state index contributed by atoms with van der Waals surface area (Å²) in [7, 11) is 0. The summed E-state index contributed by atoms with van der Waals surface area (Å²) in [6.07, 6.45) is 5.38. The first-order valence-corrected chi connectivity index (χ1v) is 7.10. The largest absolute Gasteiger partial charge is 0.465 e. The van der Waals surface area contributed by atoms with E-state index in [-0.39, 0.29) is 12.1 Å². The molecule has 20 heavy (non-hydrogen) atoms. The molecule has 3 heteroatoms. The molecule has 2 rings (SSSR count). The zero-order chi connectivity index (χ0) is 14.2. The van der Waals surface area contributed by atoms with Crippen molar-refractivity contribution in [2.75, 3.05) is 0 Å². The van der Waals surface area contributed by atoms with E-state index in [4.69, 9.17) is 9.15 Å². The third kappa shape index (κ3) is 3.98. The average molecular weight is 272 g/mol. The lowest BCUT2D eigenvalue weighted by Gasteiger charge is -2.15. The molecule has 2 aromatic rings. The van der Waals surface area contributed by atoms with Gasteiger partial charge in [0.2, 0.25) is 0 Å². The zero-order valence-corrected chi connectivity index (χ0v) is 11.7. The Morgan fingerprint density at radius 3 is 2.60 bits per heavy atom. The molecule has 3 nitrogen and oxygen atoms in total. The molecule has 0 saturated carbocycles. The Balaban J connectivity index is 2.02. The van der Waals surface area contributed by atoms with Crippen LogP contribution in [0.4, 0.5) is 0 Å². The summed E-state index contributed by atoms with van der Waals surface area (Å²) in [4.78, 5) is 12.1. The van der Waals surface area contributed by atoms with Crippen molar-refractivity contribution >= 4 is 5.97 Å². The summed E-state index contributed by atoms with van der Waals surface area (Å²) < 4.78 is 11.0. The van der Waals surface area contributed by atoms with E-state index in [1.54, 1.807) is 18.4 Å². The maximum Gasteiger partial charge on any atom is 0.338 e. The van der Waals surface area contributed by atoms with E-state index in [2.05, 4.69) is 6.92 Å². The summed E-state index contributed by atoms with van der Waals surface area (Å²) >= 11 is 0. The van der Waals surface area contributed by atoms with Crippen LogP contribution in [0.25, 0.3) is 0 Å². The molecule has 1 heterocycles. The number of rotatable bonds is 7. The molecule has 0 saturated heterocycles. The number of hydrogen-bond donors (Lipinski definition) is 0. The molecule has 106 valence electrons. The van der Waals surface area contributed by atoms with Crippen molar-refractivity contribution < 1.29 is 13.9 Å². The number of carbonyl (C=O) groups is 1. The highest BCUT2D eigenvalue weighted by Crippen LogP contribution is 2.25. The van der Waals surface area contributed by atoms with Crippen LogP contribution < -0.4 is 0 Å². The number of carbonyl (C=O) groups excluding carboxylic acids is 1. The highest BCUT2D eigenvalue weighted by molar-refractivity contribution is 5.89. The lowest BCUT2D eigenvalue weighted by Crippen LogP contribution is -2.11. The molecule has 0 unspecified atom stereocenters. The van der Waals surface area contributed by atoms with Gasteiger partial charge in [0, 0.05) is 0 Å². The quantitative estimate of drug-likeness (QED) is 0.539. The monoisotopic (exact) mass is 272 g/mol. The number of ether oxygens (including phenoxy) is 1. The van der Waals surface area contributed by atoms with Crippen molar-refractivity contribution in [3.05, 3.63) is 60.1 Å². The van der Waals surface area contributed by atoms with Crippen LogP contribution in [0.3, 0.4) is 0 Å². The number of unbranched alkanes of at least 4 members (excludes halogenated alkanes) is 2. The van der Waals surface area contributed by atoms with Gasteiger partial charge in [-0.25, -0.2) is 4.79 Å². The Bertz CT molecular complexity index is 502. The summed E-state index contributed by atoms with van der Waals surface area (Å²) in [6.45, 7) is 2.15. The summed E-state index contributed by atoms with van der Waals surface area (Å²) in [5.74, 6) is 0.411. The predicted molar refractivity (Wildman–Crippen MR) is 77.4 cm³/mol. The van der Waals surface area contributed by atoms with E-state index >= 15 is 0 Å². The van der Waals surface area contributed by atoms with Crippen LogP contribution in [0, 0.1) is 0 Å². The minimum Gasteiger partial charge on any atom is -0.465 e. The number of furan rings is 1. The second kappa shape index (κ2) is 7.53. The Morgan fingerprint density at radius 2 is 1.95 bits per heavy atom. The van der Waals surface area contributed by atoms with Gasteiger partial charge in [0.05, 0.1) is 11.8 Å². The molecule has 1 atom stereocenters. The Hall–Kier alpha value is -2.03. The Morgan fingerprint density at radius 1 is 1.15 bits per heavy atom. The van der Waals surface area contributed by atoms with E-state index in [1.165, 1.54) is 0 Å². The molecular formula is C17H20O3. The van der Waals surface area contributed by atoms with Crippen molar-refractivity contribution in [3.8, 4) is 0 Å². The van der Waals surface area contributed by atoms with Gasteiger partial charge >= 0.3 is 5.97 Å². The molecule has 0 aliphatic rings. The van der Waals surface area contributed by atoms with Crippen molar-refractivity contribution in [3.63, 3.8) is 0 Å². The summed E-state index contributed by atoms with van der Waals surface area (Å²) in [5, 5.41) is 0. The molecule has 0 aliphatic carbocycles. The third-order valence-corrected chi connectivity index (χ3v) is 3.19. The van der Waals surface area contributed by atoms with Crippen molar-refractivity contribution in [1.29, 1.82) is 0 Å². The third-order valence-electron chi connectivity index (χ3n) is 3.19. The van der Waals surface area contributed by atoms with Crippen LogP contribution in [-0.2, 0) is 4.74 Å². The van der Waals surface area contributed by atoms with Gasteiger partial charge < -0.3 is 9.15 Å². The fraction of sp³-hybridized carbons (Fsp3) is 0.353. The number of esters is 1. The highest BCUT2D eigenvalue weighted by atomic mass is 16.6. The van der Waals surface area contributed by atoms with Crippen LogP contribution in [0.15, 0.2) is 53.1 Å². The smallest absolute Gasteiger partial charge is 0.338 e. The number of hydrogen-bond acceptors (Lipinski definition) is 3. The second-order valence-electron chi connectivity index (χ2n) is 4.77. The van der Waals surface area contributed by atoms with Crippen molar-refractivity contribution in [2.24, 2.45) is 0 Å². The Kier molecular flexibility index (Phi) is 5.42. The summed E-state index contributed by atoms with van der Waals surface area (Å²) in [6, 6.07) is 12.7. The maximum absolute atomic E-state index is 12.1. The molecule has 0 radical (unpaired) electrons. The SMILES string of the molecule is CCCCC[C@@H](OC(=O)c1ccccc1)c1ccco1. The molecule has 0 spiro atoms. The topological polar surface area (TPSA) is 39.4 Å². The van der Waals surface area contributed by atoms with Gasteiger partial charge in [-0.2, -0.15) is 0 Å². The van der Waals surface area contributed by atoms with Gasteiger partial charge in [0.25, 0.3) is 0 Å². The highest BCUT2D eigenvalue weighted by Gasteiger charge is 2.19. The second-order valence-corrected chi connectivity index (χ2v) is 4.77. The Labute approximate surface area is 119 Å². The van der Waals surface area contributed by atoms with Gasteiger partial charge in [0.15, 0.2) is 6.10 Å². The molecule has 0 bridgehead atoms. The fourth-order valence-corrected chi connectivity index (χ4v) is 2.08. The summed E-state index contributed by atoms with van der Waals surface area (Å²) in [5.41, 5.74) is 0.569. The first-order chi connectivity index (χ1) is 9.81. The van der Waals surface area contributed by atoms with Crippen LogP contribution in [0.1, 0.15) is 54.8 Å². The van der Waals surface area contributed by atoms with Crippen molar-refractivity contribution in [1.82, 2.24) is 0 Å². The molecule has 0 aliphatic heterocycles. The van der Waals surface area contributed by atoms with Crippen LogP contribution in [0.2, 0.25) is 0 Å². The average Bonchev–Trinajstić information content (AvgIpc) is 3.01. The van der Waals surface area contributed by atoms with Gasteiger partial charge in [-0.3, -0.25) is 0 Å². The van der Waals surface area contributed by atoms with Gasteiger partial charge in [-0.1, -0.05) is 38.0 Å². The first-order valence-electron chi connectivity index (χ1n) is 7.10. The van der Waals surface area contributed by atoms with E-state index in [1.807, 2.05) is 30.3 Å². The van der Waals surface area contributed by atoms with E-state index in [9.17, 15) is 4.79 Å². The normalized spacial score (nSPS) is 12.1. The zero-order valence-electron chi connectivity index (χ0n) is 11.7. The molecule has 0 fully saturated rings. The van der Waals surface area contributed by atoms with Crippen molar-refractivity contribution in [2.45, 2.75) is 38.7 Å². The minimum absolute atomic E-state index is 0.302. The minimum atomic E-state index is -0.302. The lowest BCUT2D eigenvalue weighted by molar-refractivity contribution is 0.0215. The predicted octanol–water partition coefficient (Wildman–Crippen LogP) is 4.76. The van der Waals surface area contributed by atoms with Gasteiger partial charge in [0.1, 0.15) is 5.76 Å². The number of benzene rings is 1. The molecule has 1 aromatic heterocycles. The lowest BCUT2D eigenvalue weighted by atomic mass is 10.1. The molecule has 0 N–H and O–H groups in total.